The number of carbonyl (C=O) groups excluding carboxylic acids is 2. The van der Waals surface area contributed by atoms with E-state index in [0.29, 0.717) is 13.0 Å². The van der Waals surface area contributed by atoms with E-state index in [1.54, 1.807) is 31.4 Å². The molecule has 1 atom stereocenters. The molecule has 3 N–H and O–H groups in total. The number of ether oxygens (including phenoxy) is 1. The van der Waals surface area contributed by atoms with Crippen LogP contribution in [0.25, 0.3) is 0 Å². The van der Waals surface area contributed by atoms with Crippen LogP contribution in [0.4, 0.5) is 0 Å². The summed E-state index contributed by atoms with van der Waals surface area (Å²) in [7, 11) is 0. The molecule has 8 nitrogen and oxygen atoms in total. The number of aliphatic hydroxyl groups excluding tert-OH is 2. The maximum atomic E-state index is 13.3. The summed E-state index contributed by atoms with van der Waals surface area (Å²) in [4.78, 5) is 39.2. The predicted molar refractivity (Wildman–Crippen MR) is 124 cm³/mol. The molecule has 1 unspecified atom stereocenters. The Bertz CT molecular complexity index is 821. The quantitative estimate of drug-likeness (QED) is 0.419. The van der Waals surface area contributed by atoms with Crippen molar-refractivity contribution in [2.24, 2.45) is 5.41 Å². The van der Waals surface area contributed by atoms with Crippen molar-refractivity contribution in [1.82, 2.24) is 9.88 Å². The second kappa shape index (κ2) is 12.7. The first kappa shape index (κ1) is 27.8. The Labute approximate surface area is 191 Å². The largest absolute Gasteiger partial charge is 0.456 e. The number of nitrogens with one attached hydrogen (secondary N) is 1. The van der Waals surface area contributed by atoms with E-state index in [9.17, 15) is 24.6 Å². The molecule has 1 amide bonds. The highest BCUT2D eigenvalue weighted by atomic mass is 16.6. The first-order valence-electron chi connectivity index (χ1n) is 11.5. The van der Waals surface area contributed by atoms with Crippen molar-refractivity contribution in [1.29, 1.82) is 0 Å². The molecule has 0 fully saturated rings. The molecule has 0 radical (unpaired) electrons. The molecular weight excluding hydrogens is 412 g/mol. The monoisotopic (exact) mass is 452 g/mol. The summed E-state index contributed by atoms with van der Waals surface area (Å²) >= 11 is 0. The third-order valence-electron chi connectivity index (χ3n) is 5.41. The maximum Gasteiger partial charge on any atom is 0.329 e. The van der Waals surface area contributed by atoms with Gasteiger partial charge in [-0.2, -0.15) is 0 Å². The van der Waals surface area contributed by atoms with Gasteiger partial charge in [0.25, 0.3) is 11.5 Å². The highest BCUT2D eigenvalue weighted by Crippen LogP contribution is 2.22. The van der Waals surface area contributed by atoms with Crippen LogP contribution in [0.2, 0.25) is 0 Å². The fourth-order valence-corrected chi connectivity index (χ4v) is 3.52. The third-order valence-corrected chi connectivity index (χ3v) is 5.41. The van der Waals surface area contributed by atoms with Gasteiger partial charge < -0.3 is 24.8 Å². The maximum absolute atomic E-state index is 13.3. The van der Waals surface area contributed by atoms with E-state index in [-0.39, 0.29) is 11.1 Å². The lowest BCUT2D eigenvalue weighted by molar-refractivity contribution is -0.158. The normalized spacial score (nSPS) is 12.7. The highest BCUT2D eigenvalue weighted by molar-refractivity contribution is 5.97. The van der Waals surface area contributed by atoms with E-state index >= 15 is 0 Å². The number of aromatic nitrogens is 1. The van der Waals surface area contributed by atoms with Crippen LogP contribution in [0.1, 0.15) is 82.4 Å². The van der Waals surface area contributed by atoms with Gasteiger partial charge in [0.05, 0.1) is 13.2 Å². The fourth-order valence-electron chi connectivity index (χ4n) is 3.52. The van der Waals surface area contributed by atoms with E-state index in [1.807, 2.05) is 13.8 Å². The van der Waals surface area contributed by atoms with Gasteiger partial charge in [-0.25, -0.2) is 4.79 Å². The van der Waals surface area contributed by atoms with Gasteiger partial charge in [0.15, 0.2) is 0 Å². The number of hydrogen-bond donors (Lipinski definition) is 3. The number of rotatable bonds is 12. The number of nitrogens with zero attached hydrogens (tertiary/aromatic N) is 1. The van der Waals surface area contributed by atoms with Crippen LogP contribution in [-0.2, 0) is 28.9 Å². The number of amides is 1. The second-order valence-corrected chi connectivity index (χ2v) is 9.14. The Morgan fingerprint density at radius 3 is 2.22 bits per heavy atom. The van der Waals surface area contributed by atoms with Gasteiger partial charge in [0.1, 0.15) is 17.7 Å². The number of unbranched alkanes of at least 4 members (excludes halogenated alkanes) is 1. The lowest BCUT2D eigenvalue weighted by atomic mass is 9.86. The van der Waals surface area contributed by atoms with E-state index in [0.717, 1.165) is 36.9 Å². The van der Waals surface area contributed by atoms with Crippen LogP contribution in [-0.4, -0.2) is 52.0 Å². The van der Waals surface area contributed by atoms with Crippen molar-refractivity contribution >= 4 is 11.9 Å². The Balaban J connectivity index is 3.39. The van der Waals surface area contributed by atoms with Gasteiger partial charge in [-0.1, -0.05) is 54.4 Å². The minimum Gasteiger partial charge on any atom is -0.456 e. The van der Waals surface area contributed by atoms with Gasteiger partial charge in [-0.15, -0.1) is 0 Å². The molecule has 0 aromatic carbocycles. The summed E-state index contributed by atoms with van der Waals surface area (Å²) in [5, 5.41) is 21.1. The predicted octanol–water partition coefficient (Wildman–Crippen LogP) is 2.20. The zero-order valence-electron chi connectivity index (χ0n) is 20.4. The van der Waals surface area contributed by atoms with Crippen LogP contribution >= 0.6 is 0 Å². The summed E-state index contributed by atoms with van der Waals surface area (Å²) in [5.74, 6) is -1.41. The molecule has 0 bridgehead atoms. The zero-order chi connectivity index (χ0) is 24.5. The highest BCUT2D eigenvalue weighted by Gasteiger charge is 2.36. The molecule has 0 saturated carbocycles. The van der Waals surface area contributed by atoms with Crippen LogP contribution < -0.4 is 10.9 Å². The molecule has 1 heterocycles. The average Bonchev–Trinajstić information content (AvgIpc) is 2.74. The van der Waals surface area contributed by atoms with Gasteiger partial charge >= 0.3 is 5.97 Å². The van der Waals surface area contributed by atoms with Crippen molar-refractivity contribution < 1.29 is 24.5 Å². The van der Waals surface area contributed by atoms with Crippen LogP contribution in [0.5, 0.6) is 0 Å². The van der Waals surface area contributed by atoms with Gasteiger partial charge in [-0.05, 0) is 36.3 Å². The molecule has 0 spiro atoms. The third kappa shape index (κ3) is 7.17. The Hall–Kier alpha value is -2.19. The van der Waals surface area contributed by atoms with Crippen molar-refractivity contribution in [3.8, 4) is 0 Å². The van der Waals surface area contributed by atoms with Gasteiger partial charge in [0, 0.05) is 12.2 Å². The summed E-state index contributed by atoms with van der Waals surface area (Å²) in [5.41, 5.74) is 0.829. The molecule has 1 aromatic heterocycles. The second-order valence-electron chi connectivity index (χ2n) is 9.14. The molecule has 1 rings (SSSR count). The summed E-state index contributed by atoms with van der Waals surface area (Å²) in [6.07, 6.45) is 3.00. The summed E-state index contributed by atoms with van der Waals surface area (Å²) in [6.45, 7) is 10.8. The number of esters is 1. The van der Waals surface area contributed by atoms with Crippen molar-refractivity contribution in [3.05, 3.63) is 33.2 Å². The Kier molecular flexibility index (Phi) is 11.1. The molecule has 8 heteroatoms. The van der Waals surface area contributed by atoms with Crippen molar-refractivity contribution in [3.63, 3.8) is 0 Å². The minimum absolute atomic E-state index is 0.000669. The van der Waals surface area contributed by atoms with Crippen molar-refractivity contribution in [2.75, 3.05) is 13.2 Å². The number of carbonyl (C=O) groups is 2. The Morgan fingerprint density at radius 2 is 1.75 bits per heavy atom. The lowest BCUT2D eigenvalue weighted by Gasteiger charge is -2.30. The molecule has 0 aliphatic heterocycles. The first-order valence-corrected chi connectivity index (χ1v) is 11.5. The minimum atomic E-state index is -1.07. The van der Waals surface area contributed by atoms with Crippen LogP contribution in [0.3, 0.4) is 0 Å². The van der Waals surface area contributed by atoms with Gasteiger partial charge in [0.2, 0.25) is 0 Å². The molecule has 0 aliphatic carbocycles. The summed E-state index contributed by atoms with van der Waals surface area (Å²) < 4.78 is 6.85. The number of aliphatic hydroxyl groups is 2. The van der Waals surface area contributed by atoms with Gasteiger partial charge in [-0.3, -0.25) is 9.59 Å². The smallest absolute Gasteiger partial charge is 0.329 e. The van der Waals surface area contributed by atoms with Crippen LogP contribution in [0.15, 0.2) is 10.9 Å². The standard InChI is InChI=1S/C24H40N2O6/c1-7-10-12-26-19(11-8-2)16(9-3)13-18(22(26)30)21(29)25-20(24(4,5)6)23(31)32-17(14-27)15-28/h13,17,20,27-28H,7-12,14-15H2,1-6H3,(H,25,29). The SMILES string of the molecule is CCCCn1c(CCC)c(CC)cc(C(=O)NC(C(=O)OC(CO)CO)C(C)(C)C)c1=O. The molecular formula is C24H40N2O6. The molecule has 0 saturated heterocycles. The fraction of sp³-hybridized carbons (Fsp3) is 0.708. The molecule has 1 aromatic rings. The van der Waals surface area contributed by atoms with E-state index in [2.05, 4.69) is 12.2 Å². The topological polar surface area (TPSA) is 118 Å². The molecule has 0 aliphatic rings. The van der Waals surface area contributed by atoms with E-state index in [1.165, 1.54) is 0 Å². The number of hydrogen-bond acceptors (Lipinski definition) is 6. The lowest BCUT2D eigenvalue weighted by Crippen LogP contribution is -2.52. The van der Waals surface area contributed by atoms with E-state index in [4.69, 9.17) is 4.74 Å². The Morgan fingerprint density at radius 1 is 1.12 bits per heavy atom. The molecule has 32 heavy (non-hydrogen) atoms. The number of pyridine rings is 1. The summed E-state index contributed by atoms with van der Waals surface area (Å²) in [6, 6.07) is 0.569. The van der Waals surface area contributed by atoms with Crippen LogP contribution in [0, 0.1) is 5.41 Å². The van der Waals surface area contributed by atoms with Crippen molar-refractivity contribution in [2.45, 2.75) is 92.3 Å². The molecule has 182 valence electrons. The number of aryl methyl sites for hydroxylation is 1. The van der Waals surface area contributed by atoms with E-state index < -0.39 is 42.7 Å². The average molecular weight is 453 g/mol. The first-order chi connectivity index (χ1) is 15.0. The zero-order valence-corrected chi connectivity index (χ0v) is 20.4.